The van der Waals surface area contributed by atoms with E-state index < -0.39 is 11.9 Å². The van der Waals surface area contributed by atoms with E-state index in [0.717, 1.165) is 5.92 Å². The second kappa shape index (κ2) is 18.0. The van der Waals surface area contributed by atoms with Crippen LogP contribution in [0.1, 0.15) is 47.5 Å². The molecule has 6 heteroatoms. The zero-order valence-corrected chi connectivity index (χ0v) is 10.7. The minimum absolute atomic E-state index is 0. The fraction of sp³-hybridized carbons (Fsp3) is 0.727. The maximum absolute atomic E-state index is 9.47. The molecule has 0 radical (unpaired) electrons. The molecule has 0 amide bonds. The van der Waals surface area contributed by atoms with Crippen LogP contribution in [-0.4, -0.2) is 57.4 Å². The van der Waals surface area contributed by atoms with Gasteiger partial charge in [0.25, 0.3) is 0 Å². The summed E-state index contributed by atoms with van der Waals surface area (Å²) in [6.45, 7) is 9.47. The summed E-state index contributed by atoms with van der Waals surface area (Å²) in [5.41, 5.74) is -0.324. The zero-order chi connectivity index (χ0) is 13.7. The van der Waals surface area contributed by atoms with Crippen LogP contribution in [-0.2, 0) is 9.59 Å². The molecule has 0 aliphatic carbocycles. The molecule has 0 fully saturated rings. The Labute approximate surface area is 125 Å². The third-order valence-electron chi connectivity index (χ3n) is 1.44. The van der Waals surface area contributed by atoms with Crippen LogP contribution in [0, 0.1) is 11.3 Å². The number of aliphatic carboxylic acids is 2. The molecule has 0 aromatic rings. The molecule has 0 heterocycles. The first kappa shape index (κ1) is 25.5. The maximum atomic E-state index is 9.47. The van der Waals surface area contributed by atoms with Gasteiger partial charge in [0.1, 0.15) is 5.71 Å². The van der Waals surface area contributed by atoms with E-state index in [4.69, 9.17) is 15.6 Å². The number of rotatable bonds is 3. The molecule has 0 saturated carbocycles. The van der Waals surface area contributed by atoms with Crippen LogP contribution in [0.3, 0.4) is 0 Å². The van der Waals surface area contributed by atoms with Gasteiger partial charge >= 0.3 is 41.5 Å². The molecule has 17 heavy (non-hydrogen) atoms. The molecule has 0 bridgehead atoms. The van der Waals surface area contributed by atoms with Crippen LogP contribution in [0.4, 0.5) is 0 Å². The Morgan fingerprint density at radius 3 is 1.35 bits per heavy atom. The average Bonchev–Trinajstić information content (AvgIpc) is 2.19. The Kier molecular flexibility index (Phi) is 26.9. The first-order chi connectivity index (χ1) is 7.18. The van der Waals surface area contributed by atoms with Crippen molar-refractivity contribution in [2.75, 3.05) is 0 Å². The number of nitrogens with one attached hydrogen (secondary N) is 1. The Balaban J connectivity index is -0.0000000729. The molecule has 5 nitrogen and oxygen atoms in total. The van der Waals surface area contributed by atoms with E-state index in [9.17, 15) is 9.59 Å². The van der Waals surface area contributed by atoms with Gasteiger partial charge in [-0.25, -0.2) is 4.79 Å². The van der Waals surface area contributed by atoms with Gasteiger partial charge < -0.3 is 10.2 Å². The van der Waals surface area contributed by atoms with Crippen LogP contribution in [0.2, 0.25) is 0 Å². The number of hydrogen-bond acceptors (Lipinski definition) is 3. The summed E-state index contributed by atoms with van der Waals surface area (Å²) in [5, 5.41) is 21.8. The third-order valence-corrected chi connectivity index (χ3v) is 1.44. The van der Waals surface area contributed by atoms with Crippen molar-refractivity contribution in [3.63, 3.8) is 0 Å². The van der Waals surface area contributed by atoms with E-state index >= 15 is 0 Å². The van der Waals surface area contributed by atoms with Gasteiger partial charge in [0.05, 0.1) is 0 Å². The van der Waals surface area contributed by atoms with Crippen LogP contribution in [0.15, 0.2) is 0 Å². The Morgan fingerprint density at radius 2 is 1.35 bits per heavy atom. The van der Waals surface area contributed by atoms with E-state index in [2.05, 4.69) is 20.8 Å². The van der Waals surface area contributed by atoms with Crippen LogP contribution in [0.25, 0.3) is 0 Å². The Hall–Kier alpha value is -0.390. The Morgan fingerprint density at radius 1 is 1.18 bits per heavy atom. The van der Waals surface area contributed by atoms with Gasteiger partial charge in [0.15, 0.2) is 0 Å². The second-order valence-electron chi connectivity index (χ2n) is 3.48. The van der Waals surface area contributed by atoms with E-state index in [1.54, 1.807) is 6.92 Å². The molecule has 0 saturated heterocycles. The zero-order valence-electron chi connectivity index (χ0n) is 10.7. The van der Waals surface area contributed by atoms with E-state index in [1.165, 1.54) is 13.3 Å². The third kappa shape index (κ3) is 49.9. The summed E-state index contributed by atoms with van der Waals surface area (Å²) >= 11 is 0. The molecule has 0 unspecified atom stereocenters. The van der Waals surface area contributed by atoms with E-state index in [1.807, 2.05) is 0 Å². The van der Waals surface area contributed by atoms with Gasteiger partial charge in [-0.2, -0.15) is 0 Å². The summed E-state index contributed by atoms with van der Waals surface area (Å²) in [5.74, 6) is -1.02. The van der Waals surface area contributed by atoms with Gasteiger partial charge in [-0.3, -0.25) is 10.2 Å². The first-order valence-electron chi connectivity index (χ1n) is 5.19. The molecule has 0 rings (SSSR count). The van der Waals surface area contributed by atoms with Gasteiger partial charge in [-0.1, -0.05) is 34.1 Å². The number of carboxylic acids is 2. The molecule has 0 aromatic carbocycles. The van der Waals surface area contributed by atoms with Crippen molar-refractivity contribution >= 4 is 47.2 Å². The summed E-state index contributed by atoms with van der Waals surface area (Å²) < 4.78 is 0. The summed E-state index contributed by atoms with van der Waals surface area (Å²) in [6, 6.07) is 0. The van der Waals surface area contributed by atoms with Gasteiger partial charge in [0, 0.05) is 6.42 Å². The first-order valence-corrected chi connectivity index (χ1v) is 5.19. The standard InChI is InChI=1S/C5H12.C3H5NO2.C3H6O2.Na.H/c1-4-5(2)3;1-2(4)3(5)6;1-2-3(4)5;;/h5H,4H2,1-3H3;4H,1H3,(H,5,6);2H2,1H3,(H,4,5);;. The fourth-order valence-electron chi connectivity index (χ4n) is 0. The second-order valence-corrected chi connectivity index (χ2v) is 3.48. The van der Waals surface area contributed by atoms with Crippen molar-refractivity contribution in [1.29, 1.82) is 5.41 Å². The molecular formula is C11H24NNaO4. The predicted octanol–water partition coefficient (Wildman–Crippen LogP) is 2.00. The van der Waals surface area contributed by atoms with Crippen molar-refractivity contribution in [2.24, 2.45) is 5.92 Å². The van der Waals surface area contributed by atoms with E-state index in [0.29, 0.717) is 0 Å². The molecule has 3 N–H and O–H groups in total. The molecule has 0 atom stereocenters. The topological polar surface area (TPSA) is 98.5 Å². The van der Waals surface area contributed by atoms with Crippen LogP contribution >= 0.6 is 0 Å². The monoisotopic (exact) mass is 257 g/mol. The molecule has 98 valence electrons. The number of carboxylic acid groups (broad SMARTS) is 2. The van der Waals surface area contributed by atoms with Crippen molar-refractivity contribution in [2.45, 2.75) is 47.5 Å². The quantitative estimate of drug-likeness (QED) is 0.532. The summed E-state index contributed by atoms with van der Waals surface area (Å²) in [4.78, 5) is 18.8. The molecular weight excluding hydrogens is 233 g/mol. The molecule has 0 spiro atoms. The number of hydrogen-bond donors (Lipinski definition) is 3. The van der Waals surface area contributed by atoms with Crippen LogP contribution in [0.5, 0.6) is 0 Å². The van der Waals surface area contributed by atoms with Crippen molar-refractivity contribution in [3.8, 4) is 0 Å². The van der Waals surface area contributed by atoms with E-state index in [-0.39, 0.29) is 41.7 Å². The summed E-state index contributed by atoms with van der Waals surface area (Å²) in [6.07, 6.45) is 1.53. The van der Waals surface area contributed by atoms with Crippen LogP contribution < -0.4 is 0 Å². The fourth-order valence-corrected chi connectivity index (χ4v) is 0. The molecule has 0 aliphatic rings. The normalized spacial score (nSPS) is 7.65. The number of carbonyl (C=O) groups is 2. The molecule has 0 aromatic heterocycles. The van der Waals surface area contributed by atoms with Crippen molar-refractivity contribution in [3.05, 3.63) is 0 Å². The SMILES string of the molecule is CC(=N)C(=O)O.CCC(=O)O.CCC(C)C.[NaH]. The Bertz CT molecular complexity index is 206. The van der Waals surface area contributed by atoms with Gasteiger partial charge in [-0.05, 0) is 12.8 Å². The minimum atomic E-state index is -1.16. The van der Waals surface area contributed by atoms with Crippen molar-refractivity contribution < 1.29 is 19.8 Å². The summed E-state index contributed by atoms with van der Waals surface area (Å²) in [7, 11) is 0. The van der Waals surface area contributed by atoms with Crippen molar-refractivity contribution in [1.82, 2.24) is 0 Å². The predicted molar refractivity (Wildman–Crippen MR) is 71.2 cm³/mol. The average molecular weight is 257 g/mol. The van der Waals surface area contributed by atoms with Gasteiger partial charge in [0.2, 0.25) is 0 Å². The molecule has 0 aliphatic heterocycles. The van der Waals surface area contributed by atoms with Gasteiger partial charge in [-0.15, -0.1) is 0 Å².